The first-order chi connectivity index (χ1) is 8.68. The van der Waals surface area contributed by atoms with E-state index in [1.807, 2.05) is 18.2 Å². The Bertz CT molecular complexity index is 552. The summed E-state index contributed by atoms with van der Waals surface area (Å²) in [5.74, 6) is -0.421. The first-order valence-electron chi connectivity index (χ1n) is 5.69. The van der Waals surface area contributed by atoms with Gasteiger partial charge in [-0.1, -0.05) is 54.1 Å². The lowest BCUT2D eigenvalue weighted by molar-refractivity contribution is 0.0982. The third kappa shape index (κ3) is 2.96. The maximum Gasteiger partial charge on any atom is 0.163 e. The number of halogens is 2. The van der Waals surface area contributed by atoms with Crippen LogP contribution in [0.25, 0.3) is 0 Å². The van der Waals surface area contributed by atoms with Crippen LogP contribution in [0.4, 0.5) is 4.39 Å². The van der Waals surface area contributed by atoms with Crippen LogP contribution in [0.2, 0.25) is 5.02 Å². The van der Waals surface area contributed by atoms with Crippen LogP contribution in [0, 0.1) is 5.82 Å². The molecule has 0 atom stereocenters. The Labute approximate surface area is 110 Å². The second-order valence-electron chi connectivity index (χ2n) is 4.00. The number of benzene rings is 2. The van der Waals surface area contributed by atoms with Gasteiger partial charge in [-0.05, 0) is 18.1 Å². The monoisotopic (exact) mass is 262 g/mol. The van der Waals surface area contributed by atoms with Crippen molar-refractivity contribution in [3.63, 3.8) is 0 Å². The summed E-state index contributed by atoms with van der Waals surface area (Å²) in [6.07, 6.45) is 0.640. The average Bonchev–Trinajstić information content (AvgIpc) is 2.41. The number of hydrogen-bond donors (Lipinski definition) is 0. The van der Waals surface area contributed by atoms with E-state index in [-0.39, 0.29) is 17.2 Å². The number of aryl methyl sites for hydroxylation is 1. The fraction of sp³-hybridized carbons (Fsp3) is 0.133. The van der Waals surface area contributed by atoms with Crippen molar-refractivity contribution in [2.75, 3.05) is 0 Å². The molecule has 0 aliphatic carbocycles. The number of ketones is 1. The molecule has 0 radical (unpaired) electrons. The van der Waals surface area contributed by atoms with Gasteiger partial charge >= 0.3 is 0 Å². The van der Waals surface area contributed by atoms with Gasteiger partial charge in [-0.3, -0.25) is 4.79 Å². The Balaban J connectivity index is 2.04. The number of hydrogen-bond acceptors (Lipinski definition) is 1. The molecule has 0 aliphatic rings. The van der Waals surface area contributed by atoms with E-state index in [9.17, 15) is 9.18 Å². The third-order valence-corrected chi connectivity index (χ3v) is 3.04. The van der Waals surface area contributed by atoms with E-state index in [1.165, 1.54) is 6.07 Å². The molecule has 2 rings (SSSR count). The van der Waals surface area contributed by atoms with Crippen molar-refractivity contribution in [1.82, 2.24) is 0 Å². The van der Waals surface area contributed by atoms with Crippen molar-refractivity contribution in [1.29, 1.82) is 0 Å². The van der Waals surface area contributed by atoms with Crippen LogP contribution in [0.1, 0.15) is 22.3 Å². The number of carbonyl (C=O) groups excluding carboxylic acids is 1. The molecule has 0 saturated heterocycles. The summed E-state index contributed by atoms with van der Waals surface area (Å²) in [6.45, 7) is 0. The quantitative estimate of drug-likeness (QED) is 0.751. The van der Waals surface area contributed by atoms with E-state index < -0.39 is 5.82 Å². The normalized spacial score (nSPS) is 10.3. The van der Waals surface area contributed by atoms with Gasteiger partial charge in [0.25, 0.3) is 0 Å². The predicted molar refractivity (Wildman–Crippen MR) is 70.5 cm³/mol. The van der Waals surface area contributed by atoms with Gasteiger partial charge in [-0.15, -0.1) is 0 Å². The van der Waals surface area contributed by atoms with Crippen molar-refractivity contribution in [2.45, 2.75) is 12.8 Å². The summed E-state index contributed by atoms with van der Waals surface area (Å²) in [5.41, 5.74) is 1.13. The molecule has 0 aromatic heterocycles. The Morgan fingerprint density at radius 1 is 1.06 bits per heavy atom. The van der Waals surface area contributed by atoms with Gasteiger partial charge in [0.1, 0.15) is 5.82 Å². The second kappa shape index (κ2) is 5.78. The zero-order valence-electron chi connectivity index (χ0n) is 9.70. The smallest absolute Gasteiger partial charge is 0.163 e. The van der Waals surface area contributed by atoms with Gasteiger partial charge in [-0.2, -0.15) is 0 Å². The SMILES string of the molecule is O=C(CCc1cccc(Cl)c1F)c1ccccc1. The van der Waals surface area contributed by atoms with Crippen LogP contribution in [-0.4, -0.2) is 5.78 Å². The molecule has 0 N–H and O–H groups in total. The molecule has 0 saturated carbocycles. The molecule has 2 aromatic carbocycles. The molecule has 0 unspecified atom stereocenters. The average molecular weight is 263 g/mol. The lowest BCUT2D eigenvalue weighted by Crippen LogP contribution is -2.02. The number of Topliss-reactive ketones (excluding diaryl/α,β-unsaturated/α-hetero) is 1. The van der Waals surface area contributed by atoms with Crippen molar-refractivity contribution >= 4 is 17.4 Å². The Kier molecular flexibility index (Phi) is 4.11. The van der Waals surface area contributed by atoms with Gasteiger partial charge in [0.15, 0.2) is 5.78 Å². The molecule has 0 aliphatic heterocycles. The van der Waals surface area contributed by atoms with Crippen molar-refractivity contribution in [3.05, 3.63) is 70.5 Å². The molecular weight excluding hydrogens is 251 g/mol. The summed E-state index contributed by atoms with van der Waals surface area (Å²) < 4.78 is 13.6. The maximum absolute atomic E-state index is 13.6. The molecule has 0 heterocycles. The molecule has 3 heteroatoms. The highest BCUT2D eigenvalue weighted by Gasteiger charge is 2.09. The Morgan fingerprint density at radius 3 is 2.50 bits per heavy atom. The fourth-order valence-electron chi connectivity index (χ4n) is 1.76. The van der Waals surface area contributed by atoms with Gasteiger partial charge in [0.05, 0.1) is 5.02 Å². The van der Waals surface area contributed by atoms with Crippen LogP contribution in [0.3, 0.4) is 0 Å². The topological polar surface area (TPSA) is 17.1 Å². The van der Waals surface area contributed by atoms with E-state index in [0.29, 0.717) is 17.5 Å². The standard InChI is InChI=1S/C15H12ClFO/c16-13-8-4-7-12(15(13)17)9-10-14(18)11-5-2-1-3-6-11/h1-8H,9-10H2. The molecule has 0 fully saturated rings. The fourth-order valence-corrected chi connectivity index (χ4v) is 1.95. The maximum atomic E-state index is 13.6. The minimum absolute atomic E-state index is 0.00924. The van der Waals surface area contributed by atoms with Gasteiger partial charge in [-0.25, -0.2) is 4.39 Å². The molecule has 1 nitrogen and oxygen atoms in total. The lowest BCUT2D eigenvalue weighted by atomic mass is 10.0. The molecule has 18 heavy (non-hydrogen) atoms. The van der Waals surface area contributed by atoms with Crippen LogP contribution in [-0.2, 0) is 6.42 Å². The number of carbonyl (C=O) groups is 1. The van der Waals surface area contributed by atoms with E-state index in [1.54, 1.807) is 24.3 Å². The van der Waals surface area contributed by atoms with Gasteiger partial charge in [0, 0.05) is 12.0 Å². The third-order valence-electron chi connectivity index (χ3n) is 2.75. The predicted octanol–water partition coefficient (Wildman–Crippen LogP) is 4.29. The zero-order chi connectivity index (χ0) is 13.0. The molecule has 0 amide bonds. The van der Waals surface area contributed by atoms with E-state index >= 15 is 0 Å². The van der Waals surface area contributed by atoms with Gasteiger partial charge < -0.3 is 0 Å². The van der Waals surface area contributed by atoms with Crippen LogP contribution in [0.5, 0.6) is 0 Å². The highest BCUT2D eigenvalue weighted by atomic mass is 35.5. The van der Waals surface area contributed by atoms with Crippen molar-refractivity contribution in [2.24, 2.45) is 0 Å². The molecular formula is C15H12ClFO. The summed E-state index contributed by atoms with van der Waals surface area (Å²) in [7, 11) is 0. The van der Waals surface area contributed by atoms with Gasteiger partial charge in [0.2, 0.25) is 0 Å². The summed E-state index contributed by atoms with van der Waals surface area (Å²) >= 11 is 5.69. The minimum Gasteiger partial charge on any atom is -0.294 e. The zero-order valence-corrected chi connectivity index (χ0v) is 10.5. The van der Waals surface area contributed by atoms with Crippen molar-refractivity contribution < 1.29 is 9.18 Å². The first kappa shape index (κ1) is 12.8. The molecule has 0 bridgehead atoms. The summed E-state index contributed by atoms with van der Waals surface area (Å²) in [6, 6.07) is 13.8. The van der Waals surface area contributed by atoms with Crippen molar-refractivity contribution in [3.8, 4) is 0 Å². The van der Waals surface area contributed by atoms with E-state index in [4.69, 9.17) is 11.6 Å². The van der Waals surface area contributed by atoms with E-state index in [2.05, 4.69) is 0 Å². The van der Waals surface area contributed by atoms with E-state index in [0.717, 1.165) is 0 Å². The number of rotatable bonds is 4. The minimum atomic E-state index is -0.431. The van der Waals surface area contributed by atoms with Crippen LogP contribution < -0.4 is 0 Å². The summed E-state index contributed by atoms with van der Waals surface area (Å²) in [5, 5.41) is 0.0969. The first-order valence-corrected chi connectivity index (χ1v) is 6.07. The Hall–Kier alpha value is -1.67. The highest BCUT2D eigenvalue weighted by Crippen LogP contribution is 2.19. The molecule has 2 aromatic rings. The largest absolute Gasteiger partial charge is 0.294 e. The van der Waals surface area contributed by atoms with Crippen LogP contribution >= 0.6 is 11.6 Å². The van der Waals surface area contributed by atoms with Crippen LogP contribution in [0.15, 0.2) is 48.5 Å². The second-order valence-corrected chi connectivity index (χ2v) is 4.41. The highest BCUT2D eigenvalue weighted by molar-refractivity contribution is 6.30. The molecule has 92 valence electrons. The molecule has 0 spiro atoms. The Morgan fingerprint density at radius 2 is 1.78 bits per heavy atom. The summed E-state index contributed by atoms with van der Waals surface area (Å²) in [4.78, 5) is 11.9. The lowest BCUT2D eigenvalue weighted by Gasteiger charge is -2.04.